The van der Waals surface area contributed by atoms with Gasteiger partial charge in [0.1, 0.15) is 11.5 Å². The Balaban J connectivity index is 1.80. The van der Waals surface area contributed by atoms with Crippen LogP contribution in [0.5, 0.6) is 11.5 Å². The van der Waals surface area contributed by atoms with Crippen molar-refractivity contribution >= 4 is 27.7 Å². The fourth-order valence-corrected chi connectivity index (χ4v) is 2.82. The van der Waals surface area contributed by atoms with Crippen LogP contribution in [0.15, 0.2) is 46.9 Å². The number of nitrogens with one attached hydrogen (secondary N) is 2. The van der Waals surface area contributed by atoms with Crippen LogP contribution in [0.3, 0.4) is 0 Å². The molecule has 0 heterocycles. The second-order valence-corrected chi connectivity index (χ2v) is 7.46. The van der Waals surface area contributed by atoms with Gasteiger partial charge in [0, 0.05) is 4.47 Å². The van der Waals surface area contributed by atoms with Crippen molar-refractivity contribution in [1.82, 2.24) is 10.9 Å². The summed E-state index contributed by atoms with van der Waals surface area (Å²) < 4.78 is 12.1. The molecular weight excluding hydrogens is 436 g/mol. The van der Waals surface area contributed by atoms with Gasteiger partial charge in [-0.3, -0.25) is 20.4 Å². The van der Waals surface area contributed by atoms with Crippen molar-refractivity contribution in [3.63, 3.8) is 0 Å². The zero-order chi connectivity index (χ0) is 21.1. The molecule has 0 spiro atoms. The number of aryl methyl sites for hydroxylation is 1. The summed E-state index contributed by atoms with van der Waals surface area (Å²) in [4.78, 5) is 24.4. The number of para-hydroxylation sites is 1. The molecular formula is C22H27BrN2O4. The van der Waals surface area contributed by atoms with Crippen LogP contribution < -0.4 is 20.3 Å². The summed E-state index contributed by atoms with van der Waals surface area (Å²) in [7, 11) is 0. The minimum atomic E-state index is -0.461. The van der Waals surface area contributed by atoms with Crippen LogP contribution in [0.4, 0.5) is 0 Å². The van der Waals surface area contributed by atoms with E-state index in [2.05, 4.69) is 33.7 Å². The maximum absolute atomic E-state index is 12.4. The van der Waals surface area contributed by atoms with Gasteiger partial charge in [-0.05, 0) is 49.2 Å². The Labute approximate surface area is 180 Å². The first kappa shape index (κ1) is 22.7. The molecule has 0 aliphatic carbocycles. The monoisotopic (exact) mass is 462 g/mol. The lowest BCUT2D eigenvalue weighted by Crippen LogP contribution is -2.43. The number of hydrazine groups is 1. The number of carbonyl (C=O) groups excluding carboxylic acids is 2. The number of hydrogen-bond donors (Lipinski definition) is 2. The van der Waals surface area contributed by atoms with Gasteiger partial charge in [-0.25, -0.2) is 0 Å². The number of carbonyl (C=O) groups is 2. The molecule has 2 aromatic rings. The molecule has 156 valence electrons. The number of amides is 2. The zero-order valence-corrected chi connectivity index (χ0v) is 18.4. The van der Waals surface area contributed by atoms with E-state index in [1.54, 1.807) is 24.3 Å². The van der Waals surface area contributed by atoms with E-state index in [1.807, 2.05) is 25.1 Å². The van der Waals surface area contributed by atoms with Gasteiger partial charge in [0.25, 0.3) is 11.8 Å². The molecule has 0 aliphatic rings. The lowest BCUT2D eigenvalue weighted by Gasteiger charge is -2.13. The van der Waals surface area contributed by atoms with Crippen molar-refractivity contribution in [2.45, 2.75) is 39.5 Å². The quantitative estimate of drug-likeness (QED) is 0.400. The molecule has 29 heavy (non-hydrogen) atoms. The molecule has 0 fully saturated rings. The highest BCUT2D eigenvalue weighted by Gasteiger charge is 2.13. The molecule has 0 atom stereocenters. The predicted octanol–water partition coefficient (Wildman–Crippen LogP) is 4.56. The Morgan fingerprint density at radius 2 is 1.79 bits per heavy atom. The van der Waals surface area contributed by atoms with Gasteiger partial charge in [0.15, 0.2) is 6.61 Å². The first-order valence-electron chi connectivity index (χ1n) is 9.71. The summed E-state index contributed by atoms with van der Waals surface area (Å²) in [6.07, 6.45) is 4.36. The van der Waals surface area contributed by atoms with Gasteiger partial charge in [-0.1, -0.05) is 54.2 Å². The van der Waals surface area contributed by atoms with Crippen molar-refractivity contribution in [3.05, 3.63) is 58.1 Å². The normalized spacial score (nSPS) is 10.3. The molecule has 2 N–H and O–H groups in total. The molecule has 2 aromatic carbocycles. The number of benzene rings is 2. The Hall–Kier alpha value is -2.54. The van der Waals surface area contributed by atoms with Crippen LogP contribution in [0.1, 0.15) is 48.5 Å². The van der Waals surface area contributed by atoms with E-state index in [1.165, 1.54) is 6.42 Å². The Bertz CT molecular complexity index is 826. The number of unbranched alkanes of at least 4 members (excludes halogenated alkanes) is 3. The van der Waals surface area contributed by atoms with Crippen LogP contribution in [0, 0.1) is 6.92 Å². The van der Waals surface area contributed by atoms with Gasteiger partial charge in [0.2, 0.25) is 0 Å². The predicted molar refractivity (Wildman–Crippen MR) is 116 cm³/mol. The molecule has 2 rings (SSSR count). The highest BCUT2D eigenvalue weighted by molar-refractivity contribution is 9.10. The van der Waals surface area contributed by atoms with Crippen molar-refractivity contribution in [3.8, 4) is 11.5 Å². The Morgan fingerprint density at radius 1 is 1.00 bits per heavy atom. The SMILES string of the molecule is CCCCCCOc1ccccc1C(=O)NNC(=O)COc1ccc(Br)c(C)c1. The average Bonchev–Trinajstić information content (AvgIpc) is 2.73. The summed E-state index contributed by atoms with van der Waals surface area (Å²) in [5.74, 6) is 0.171. The van der Waals surface area contributed by atoms with Gasteiger partial charge in [-0.2, -0.15) is 0 Å². The van der Waals surface area contributed by atoms with Gasteiger partial charge >= 0.3 is 0 Å². The second kappa shape index (κ2) is 12.1. The number of hydrogen-bond acceptors (Lipinski definition) is 4. The second-order valence-electron chi connectivity index (χ2n) is 6.61. The topological polar surface area (TPSA) is 76.7 Å². The number of ether oxygens (including phenoxy) is 2. The highest BCUT2D eigenvalue weighted by atomic mass is 79.9. The largest absolute Gasteiger partial charge is 0.493 e. The first-order chi connectivity index (χ1) is 14.0. The smallest absolute Gasteiger partial charge is 0.276 e. The molecule has 7 heteroatoms. The van der Waals surface area contributed by atoms with Gasteiger partial charge in [0.05, 0.1) is 12.2 Å². The summed E-state index contributed by atoms with van der Waals surface area (Å²) in [6.45, 7) is 4.42. The molecule has 6 nitrogen and oxygen atoms in total. The molecule has 0 saturated carbocycles. The number of halogens is 1. The molecule has 0 aliphatic heterocycles. The lowest BCUT2D eigenvalue weighted by molar-refractivity contribution is -0.123. The van der Waals surface area contributed by atoms with E-state index in [0.717, 1.165) is 29.3 Å². The molecule has 2 amide bonds. The van der Waals surface area contributed by atoms with Crippen LogP contribution in [-0.4, -0.2) is 25.0 Å². The van der Waals surface area contributed by atoms with Gasteiger partial charge in [-0.15, -0.1) is 0 Å². The highest BCUT2D eigenvalue weighted by Crippen LogP contribution is 2.21. The van der Waals surface area contributed by atoms with Crippen LogP contribution >= 0.6 is 15.9 Å². The zero-order valence-electron chi connectivity index (χ0n) is 16.8. The summed E-state index contributed by atoms with van der Waals surface area (Å²) in [5, 5.41) is 0. The Morgan fingerprint density at radius 3 is 2.55 bits per heavy atom. The van der Waals surface area contributed by atoms with Crippen molar-refractivity contribution in [1.29, 1.82) is 0 Å². The van der Waals surface area contributed by atoms with Crippen molar-refractivity contribution in [2.75, 3.05) is 13.2 Å². The van der Waals surface area contributed by atoms with E-state index in [-0.39, 0.29) is 6.61 Å². The number of rotatable bonds is 10. The standard InChI is InChI=1S/C22H27BrN2O4/c1-3-4-5-8-13-28-20-10-7-6-9-18(20)22(27)25-24-21(26)15-29-17-11-12-19(23)16(2)14-17/h6-7,9-12,14H,3-5,8,13,15H2,1-2H3,(H,24,26)(H,25,27). The van der Waals surface area contributed by atoms with E-state index in [0.29, 0.717) is 23.7 Å². The third-order valence-corrected chi connectivity index (χ3v) is 5.09. The summed E-state index contributed by atoms with van der Waals surface area (Å²) >= 11 is 3.41. The average molecular weight is 463 g/mol. The third kappa shape index (κ3) is 7.77. The Kier molecular flexibility index (Phi) is 9.50. The maximum Gasteiger partial charge on any atom is 0.276 e. The minimum absolute atomic E-state index is 0.211. The van der Waals surface area contributed by atoms with Crippen molar-refractivity contribution in [2.24, 2.45) is 0 Å². The fraction of sp³-hybridized carbons (Fsp3) is 0.364. The van der Waals surface area contributed by atoms with Crippen LogP contribution in [-0.2, 0) is 4.79 Å². The maximum atomic E-state index is 12.4. The van der Waals surface area contributed by atoms with Crippen molar-refractivity contribution < 1.29 is 19.1 Å². The van der Waals surface area contributed by atoms with Crippen LogP contribution in [0.2, 0.25) is 0 Å². The molecule has 0 saturated heterocycles. The third-order valence-electron chi connectivity index (χ3n) is 4.20. The van der Waals surface area contributed by atoms with E-state index in [4.69, 9.17) is 9.47 Å². The molecule has 0 bridgehead atoms. The van der Waals surface area contributed by atoms with Crippen LogP contribution in [0.25, 0.3) is 0 Å². The van der Waals surface area contributed by atoms with E-state index in [9.17, 15) is 9.59 Å². The van der Waals surface area contributed by atoms with Gasteiger partial charge < -0.3 is 9.47 Å². The molecule has 0 radical (unpaired) electrons. The van der Waals surface area contributed by atoms with E-state index < -0.39 is 11.8 Å². The van der Waals surface area contributed by atoms with E-state index >= 15 is 0 Å². The molecule has 0 aromatic heterocycles. The molecule has 0 unspecified atom stereocenters. The minimum Gasteiger partial charge on any atom is -0.493 e. The summed E-state index contributed by atoms with van der Waals surface area (Å²) in [5.41, 5.74) is 6.13. The summed E-state index contributed by atoms with van der Waals surface area (Å²) in [6, 6.07) is 12.4. The lowest BCUT2D eigenvalue weighted by atomic mass is 10.2. The first-order valence-corrected chi connectivity index (χ1v) is 10.5. The fourth-order valence-electron chi connectivity index (χ4n) is 2.58.